The number of nitrogens with one attached hydrogen (secondary N) is 1. The van der Waals surface area contributed by atoms with Crippen molar-refractivity contribution in [2.75, 3.05) is 13.2 Å². The van der Waals surface area contributed by atoms with Gasteiger partial charge >= 0.3 is 11.9 Å². The molecule has 0 aliphatic rings. The molecule has 1 aromatic rings. The molecule has 0 saturated carbocycles. The molecule has 0 fully saturated rings. The number of hydrogen-bond donors (Lipinski definition) is 1. The molecule has 0 saturated heterocycles. The Morgan fingerprint density at radius 1 is 0.923 bits per heavy atom. The summed E-state index contributed by atoms with van der Waals surface area (Å²) in [5.74, 6) is -2.13. The van der Waals surface area contributed by atoms with Crippen molar-refractivity contribution in [3.8, 4) is 0 Å². The van der Waals surface area contributed by atoms with Crippen molar-refractivity contribution in [2.45, 2.75) is 59.4 Å². The van der Waals surface area contributed by atoms with Crippen LogP contribution in [0.2, 0.25) is 0 Å². The first-order valence-corrected chi connectivity index (χ1v) is 9.08. The molecular formula is C20H29NO5. The third-order valence-corrected chi connectivity index (χ3v) is 4.14. The molecule has 26 heavy (non-hydrogen) atoms. The molecule has 1 aromatic carbocycles. The first-order valence-electron chi connectivity index (χ1n) is 9.08. The number of ether oxygens (including phenoxy) is 2. The molecule has 0 heterocycles. The summed E-state index contributed by atoms with van der Waals surface area (Å²) in [6.45, 7) is 8.86. The lowest BCUT2D eigenvalue weighted by Crippen LogP contribution is -2.62. The Balaban J connectivity index is 3.40. The standard InChI is InChI=1S/C20H29NO5/c1-6-16-11-10-15(12-17(16)7-2)13-20(21-14(5)22,18(23)25-8-3)19(24)26-9-4/h10-12H,6-9,13H2,1-5H3,(H,21,22). The fourth-order valence-corrected chi connectivity index (χ4v) is 2.95. The maximum atomic E-state index is 12.7. The minimum Gasteiger partial charge on any atom is -0.464 e. The Labute approximate surface area is 155 Å². The molecular weight excluding hydrogens is 334 g/mol. The number of aryl methyl sites for hydroxylation is 2. The lowest BCUT2D eigenvalue weighted by molar-refractivity contribution is -0.168. The zero-order valence-corrected chi connectivity index (χ0v) is 16.3. The second-order valence-electron chi connectivity index (χ2n) is 6.01. The summed E-state index contributed by atoms with van der Waals surface area (Å²) in [6, 6.07) is 5.82. The van der Waals surface area contributed by atoms with Gasteiger partial charge in [-0.3, -0.25) is 4.79 Å². The van der Waals surface area contributed by atoms with Crippen LogP contribution in [0.25, 0.3) is 0 Å². The molecule has 1 rings (SSSR count). The van der Waals surface area contributed by atoms with Crippen LogP contribution < -0.4 is 5.32 Å². The fraction of sp³-hybridized carbons (Fsp3) is 0.550. The first kappa shape index (κ1) is 21.7. The summed E-state index contributed by atoms with van der Waals surface area (Å²) in [5.41, 5.74) is 1.23. The van der Waals surface area contributed by atoms with Crippen molar-refractivity contribution in [2.24, 2.45) is 0 Å². The monoisotopic (exact) mass is 363 g/mol. The molecule has 0 spiro atoms. The van der Waals surface area contributed by atoms with E-state index in [-0.39, 0.29) is 19.6 Å². The Hall–Kier alpha value is -2.37. The third-order valence-electron chi connectivity index (χ3n) is 4.14. The van der Waals surface area contributed by atoms with Crippen molar-refractivity contribution in [3.05, 3.63) is 34.9 Å². The summed E-state index contributed by atoms with van der Waals surface area (Å²) in [5, 5.41) is 2.49. The quantitative estimate of drug-likeness (QED) is 0.538. The number of esters is 2. The predicted octanol–water partition coefficient (Wildman–Crippen LogP) is 2.36. The summed E-state index contributed by atoms with van der Waals surface area (Å²) in [6.07, 6.45) is 1.71. The van der Waals surface area contributed by atoms with E-state index in [0.717, 1.165) is 24.0 Å². The summed E-state index contributed by atoms with van der Waals surface area (Å²) in [7, 11) is 0. The molecule has 0 atom stereocenters. The summed E-state index contributed by atoms with van der Waals surface area (Å²) < 4.78 is 10.2. The minimum atomic E-state index is -1.89. The molecule has 0 aliphatic heterocycles. The van der Waals surface area contributed by atoms with E-state index in [4.69, 9.17) is 9.47 Å². The highest BCUT2D eigenvalue weighted by Gasteiger charge is 2.50. The van der Waals surface area contributed by atoms with E-state index in [0.29, 0.717) is 0 Å². The van der Waals surface area contributed by atoms with Gasteiger partial charge in [0, 0.05) is 13.3 Å². The largest absolute Gasteiger partial charge is 0.464 e. The zero-order chi connectivity index (χ0) is 19.7. The Morgan fingerprint density at radius 3 is 1.88 bits per heavy atom. The molecule has 0 unspecified atom stereocenters. The van der Waals surface area contributed by atoms with E-state index in [1.807, 2.05) is 18.2 Å². The van der Waals surface area contributed by atoms with E-state index in [1.54, 1.807) is 13.8 Å². The van der Waals surface area contributed by atoms with Crippen molar-refractivity contribution in [3.63, 3.8) is 0 Å². The highest BCUT2D eigenvalue weighted by atomic mass is 16.6. The van der Waals surface area contributed by atoms with Gasteiger partial charge in [-0.1, -0.05) is 32.0 Å². The number of carbonyl (C=O) groups excluding carboxylic acids is 3. The lowest BCUT2D eigenvalue weighted by Gasteiger charge is -2.30. The predicted molar refractivity (Wildman–Crippen MR) is 98.7 cm³/mol. The molecule has 0 bridgehead atoms. The van der Waals surface area contributed by atoms with Crippen molar-refractivity contribution < 1.29 is 23.9 Å². The van der Waals surface area contributed by atoms with Crippen molar-refractivity contribution in [1.82, 2.24) is 5.32 Å². The highest BCUT2D eigenvalue weighted by molar-refractivity contribution is 6.08. The normalized spacial score (nSPS) is 11.0. The molecule has 144 valence electrons. The SMILES string of the molecule is CCOC(=O)C(Cc1ccc(CC)c(CC)c1)(NC(C)=O)C(=O)OCC. The van der Waals surface area contributed by atoms with Gasteiger partial charge in [-0.25, -0.2) is 9.59 Å². The Kier molecular flexibility index (Phi) is 8.29. The van der Waals surface area contributed by atoms with Crippen LogP contribution in [-0.4, -0.2) is 36.6 Å². The van der Waals surface area contributed by atoms with Crippen LogP contribution in [-0.2, 0) is 43.1 Å². The van der Waals surface area contributed by atoms with Crippen LogP contribution in [0.5, 0.6) is 0 Å². The van der Waals surface area contributed by atoms with Crippen LogP contribution in [0.3, 0.4) is 0 Å². The third kappa shape index (κ3) is 5.07. The van der Waals surface area contributed by atoms with E-state index >= 15 is 0 Å². The summed E-state index contributed by atoms with van der Waals surface area (Å²) >= 11 is 0. The zero-order valence-electron chi connectivity index (χ0n) is 16.3. The van der Waals surface area contributed by atoms with Gasteiger partial charge in [0.2, 0.25) is 11.4 Å². The van der Waals surface area contributed by atoms with Gasteiger partial charge in [0.15, 0.2) is 0 Å². The summed E-state index contributed by atoms with van der Waals surface area (Å²) in [4.78, 5) is 37.1. The number of carbonyl (C=O) groups is 3. The maximum absolute atomic E-state index is 12.7. The first-order chi connectivity index (χ1) is 12.3. The van der Waals surface area contributed by atoms with Gasteiger partial charge in [-0.15, -0.1) is 0 Å². The van der Waals surface area contributed by atoms with Gasteiger partial charge in [0.25, 0.3) is 0 Å². The van der Waals surface area contributed by atoms with Crippen LogP contribution in [0.4, 0.5) is 0 Å². The van der Waals surface area contributed by atoms with Crippen LogP contribution >= 0.6 is 0 Å². The van der Waals surface area contributed by atoms with Crippen LogP contribution in [0.1, 0.15) is 51.3 Å². The number of benzene rings is 1. The van der Waals surface area contributed by atoms with E-state index in [9.17, 15) is 14.4 Å². The van der Waals surface area contributed by atoms with Crippen LogP contribution in [0, 0.1) is 0 Å². The van der Waals surface area contributed by atoms with Gasteiger partial charge in [0.05, 0.1) is 13.2 Å². The Bertz CT molecular complexity index is 636. The maximum Gasteiger partial charge on any atom is 0.344 e. The van der Waals surface area contributed by atoms with E-state index in [2.05, 4.69) is 19.2 Å². The highest BCUT2D eigenvalue weighted by Crippen LogP contribution is 2.22. The number of amides is 1. The second-order valence-corrected chi connectivity index (χ2v) is 6.01. The Morgan fingerprint density at radius 2 is 1.46 bits per heavy atom. The van der Waals surface area contributed by atoms with Crippen molar-refractivity contribution in [1.29, 1.82) is 0 Å². The fourth-order valence-electron chi connectivity index (χ4n) is 2.95. The molecule has 6 heteroatoms. The molecule has 6 nitrogen and oxygen atoms in total. The molecule has 0 radical (unpaired) electrons. The molecule has 0 aliphatic carbocycles. The minimum absolute atomic E-state index is 0.0265. The van der Waals surface area contributed by atoms with Crippen molar-refractivity contribution >= 4 is 17.8 Å². The number of hydrogen-bond acceptors (Lipinski definition) is 5. The average Bonchev–Trinajstić information content (AvgIpc) is 2.60. The smallest absolute Gasteiger partial charge is 0.344 e. The van der Waals surface area contributed by atoms with E-state index in [1.165, 1.54) is 12.5 Å². The van der Waals surface area contributed by atoms with Gasteiger partial charge in [-0.05, 0) is 43.4 Å². The second kappa shape index (κ2) is 9.94. The van der Waals surface area contributed by atoms with Gasteiger partial charge in [0.1, 0.15) is 0 Å². The average molecular weight is 363 g/mol. The van der Waals surface area contributed by atoms with Gasteiger partial charge in [-0.2, -0.15) is 0 Å². The lowest BCUT2D eigenvalue weighted by atomic mass is 9.88. The molecule has 1 N–H and O–H groups in total. The topological polar surface area (TPSA) is 81.7 Å². The molecule has 1 amide bonds. The molecule has 0 aromatic heterocycles. The number of rotatable bonds is 9. The van der Waals surface area contributed by atoms with E-state index < -0.39 is 23.4 Å². The van der Waals surface area contributed by atoms with Crippen LogP contribution in [0.15, 0.2) is 18.2 Å². The van der Waals surface area contributed by atoms with Gasteiger partial charge < -0.3 is 14.8 Å².